The highest BCUT2D eigenvalue weighted by atomic mass is 32.1. The van der Waals surface area contributed by atoms with E-state index in [0.717, 1.165) is 16.9 Å². The number of carbonyl (C=O) groups excluding carboxylic acids is 1. The normalized spacial score (nSPS) is 12.8. The summed E-state index contributed by atoms with van der Waals surface area (Å²) in [4.78, 5) is 27.2. The van der Waals surface area contributed by atoms with Gasteiger partial charge >= 0.3 is 0 Å². The van der Waals surface area contributed by atoms with Crippen molar-refractivity contribution in [3.8, 4) is 11.6 Å². The molecule has 2 heterocycles. The van der Waals surface area contributed by atoms with E-state index in [-0.39, 0.29) is 22.0 Å². The molecule has 0 bridgehead atoms. The molecule has 9 heteroatoms. The highest BCUT2D eigenvalue weighted by molar-refractivity contribution is 7.73. The zero-order chi connectivity index (χ0) is 19.3. The summed E-state index contributed by atoms with van der Waals surface area (Å²) in [5, 5.41) is 22.5. The topological polar surface area (TPSA) is 97.7 Å². The molecule has 27 heavy (non-hydrogen) atoms. The van der Waals surface area contributed by atoms with Gasteiger partial charge in [0.15, 0.2) is 3.95 Å². The van der Waals surface area contributed by atoms with Crippen LogP contribution in [-0.4, -0.2) is 20.5 Å². The van der Waals surface area contributed by atoms with E-state index in [1.165, 1.54) is 22.8 Å². The molecule has 3 aromatic rings. The molecule has 1 N–H and O–H groups in total. The number of benzene rings is 2. The molecule has 0 aliphatic carbocycles. The van der Waals surface area contributed by atoms with Crippen molar-refractivity contribution in [2.45, 2.75) is 6.92 Å². The molecule has 0 unspecified atom stereocenters. The second-order valence-electron chi connectivity index (χ2n) is 5.95. The second kappa shape index (κ2) is 6.22. The van der Waals surface area contributed by atoms with Crippen LogP contribution in [0.15, 0.2) is 47.5 Å². The highest BCUT2D eigenvalue weighted by Gasteiger charge is 2.26. The molecule has 1 aliphatic rings. The van der Waals surface area contributed by atoms with Crippen LogP contribution in [0.25, 0.3) is 11.3 Å². The number of hydrogen-bond donors (Lipinski definition) is 1. The van der Waals surface area contributed by atoms with Crippen molar-refractivity contribution in [1.82, 2.24) is 4.57 Å². The van der Waals surface area contributed by atoms with Crippen LogP contribution in [0.4, 0.5) is 5.69 Å². The number of aromatic hydroxyl groups is 1. The van der Waals surface area contributed by atoms with Crippen molar-refractivity contribution in [2.24, 2.45) is 4.99 Å². The van der Waals surface area contributed by atoms with Crippen LogP contribution in [0.3, 0.4) is 0 Å². The number of amides is 1. The molecule has 0 saturated carbocycles. The summed E-state index contributed by atoms with van der Waals surface area (Å²) in [6.45, 7) is 1.92. The van der Waals surface area contributed by atoms with Gasteiger partial charge in [-0.1, -0.05) is 12.1 Å². The van der Waals surface area contributed by atoms with Gasteiger partial charge in [0, 0.05) is 17.4 Å². The first-order valence-corrected chi connectivity index (χ1v) is 9.03. The number of hydrogen-bond acceptors (Lipinski definition) is 6. The molecule has 134 valence electrons. The molecule has 0 spiro atoms. The predicted octanol–water partition coefficient (Wildman–Crippen LogP) is 2.55. The molecule has 2 aromatic carbocycles. The number of aryl methyl sites for hydroxylation is 1. The van der Waals surface area contributed by atoms with E-state index in [4.69, 9.17) is 12.2 Å². The minimum atomic E-state index is -0.562. The molecule has 1 aliphatic heterocycles. The van der Waals surface area contributed by atoms with Crippen LogP contribution in [-0.2, 0) is 4.79 Å². The lowest BCUT2D eigenvalue weighted by Gasteiger charge is -2.06. The lowest BCUT2D eigenvalue weighted by molar-refractivity contribution is -0.385. The third kappa shape index (κ3) is 2.77. The standard InChI is InChI=1S/C18H11N3O4S2/c1-9-3-2-4-10(7-9)20-17(23)15(27-18(20)26)14-12-8-11(21(24)25)5-6-13(12)19-16(14)22/h2-8,23H,1H3. The number of fused-ring (bicyclic) bond motifs is 1. The van der Waals surface area contributed by atoms with Crippen LogP contribution >= 0.6 is 23.6 Å². The fraction of sp³-hybridized carbons (Fsp3) is 0.0556. The fourth-order valence-corrected chi connectivity index (χ4v) is 4.34. The molecular formula is C18H11N3O4S2. The van der Waals surface area contributed by atoms with Crippen LogP contribution in [0.5, 0.6) is 5.88 Å². The minimum Gasteiger partial charge on any atom is -0.493 e. The molecule has 7 nitrogen and oxygen atoms in total. The Morgan fingerprint density at radius 1 is 1.26 bits per heavy atom. The quantitative estimate of drug-likeness (QED) is 0.416. The van der Waals surface area contributed by atoms with Gasteiger partial charge in [-0.15, -0.1) is 11.3 Å². The minimum absolute atomic E-state index is 0.119. The number of thiazole rings is 1. The maximum absolute atomic E-state index is 12.5. The van der Waals surface area contributed by atoms with Crippen molar-refractivity contribution in [2.75, 3.05) is 0 Å². The van der Waals surface area contributed by atoms with Gasteiger partial charge < -0.3 is 5.11 Å². The van der Waals surface area contributed by atoms with Crippen LogP contribution < -0.4 is 10.6 Å². The summed E-state index contributed by atoms with van der Waals surface area (Å²) in [6.07, 6.45) is 0. The smallest absolute Gasteiger partial charge is 0.279 e. The number of carbonyl (C=O) groups is 1. The van der Waals surface area contributed by atoms with Gasteiger partial charge in [0.1, 0.15) is 4.88 Å². The molecule has 0 radical (unpaired) electrons. The summed E-state index contributed by atoms with van der Waals surface area (Å²) < 4.78 is 1.82. The Balaban J connectivity index is 2.01. The Kier molecular flexibility index (Phi) is 3.97. The Bertz CT molecular complexity index is 1320. The van der Waals surface area contributed by atoms with Gasteiger partial charge in [-0.3, -0.25) is 19.5 Å². The van der Waals surface area contributed by atoms with Gasteiger partial charge in [-0.2, -0.15) is 0 Å². The average molecular weight is 397 g/mol. The van der Waals surface area contributed by atoms with Crippen LogP contribution in [0.1, 0.15) is 10.4 Å². The molecule has 0 atom stereocenters. The van der Waals surface area contributed by atoms with E-state index in [1.54, 1.807) is 6.07 Å². The average Bonchev–Trinajstić information content (AvgIpc) is 3.09. The molecule has 1 amide bonds. The number of nitrogens with zero attached hydrogens (tertiary/aromatic N) is 3. The van der Waals surface area contributed by atoms with Gasteiger partial charge in [-0.05, 0) is 42.9 Å². The lowest BCUT2D eigenvalue weighted by Crippen LogP contribution is -2.23. The molecule has 4 rings (SSSR count). The van der Waals surface area contributed by atoms with Crippen molar-refractivity contribution in [1.29, 1.82) is 0 Å². The van der Waals surface area contributed by atoms with Gasteiger partial charge in [0.05, 0.1) is 21.5 Å². The number of aromatic nitrogens is 1. The Hall–Kier alpha value is -3.17. The predicted molar refractivity (Wildman–Crippen MR) is 102 cm³/mol. The van der Waals surface area contributed by atoms with Crippen molar-refractivity contribution in [3.05, 3.63) is 77.5 Å². The maximum Gasteiger partial charge on any atom is 0.279 e. The van der Waals surface area contributed by atoms with E-state index in [9.17, 15) is 20.0 Å². The first-order chi connectivity index (χ1) is 12.9. The summed E-state index contributed by atoms with van der Waals surface area (Å²) in [7, 11) is 0. The summed E-state index contributed by atoms with van der Waals surface area (Å²) in [6, 6.07) is 11.4. The monoisotopic (exact) mass is 397 g/mol. The number of nitro benzene ring substituents is 1. The number of rotatable bonds is 3. The largest absolute Gasteiger partial charge is 0.493 e. The maximum atomic E-state index is 12.5. The van der Waals surface area contributed by atoms with E-state index >= 15 is 0 Å². The summed E-state index contributed by atoms with van der Waals surface area (Å²) in [5.41, 5.74) is 1.62. The van der Waals surface area contributed by atoms with Crippen LogP contribution in [0.2, 0.25) is 0 Å². The van der Waals surface area contributed by atoms with Gasteiger partial charge in [0.25, 0.3) is 11.6 Å². The van der Waals surface area contributed by atoms with E-state index in [1.807, 2.05) is 25.1 Å². The molecule has 0 fully saturated rings. The fourth-order valence-electron chi connectivity index (χ4n) is 2.96. The lowest BCUT2D eigenvalue weighted by atomic mass is 10.1. The van der Waals surface area contributed by atoms with Gasteiger partial charge in [-0.25, -0.2) is 4.99 Å². The zero-order valence-electron chi connectivity index (χ0n) is 13.9. The van der Waals surface area contributed by atoms with E-state index in [2.05, 4.69) is 4.99 Å². The number of non-ortho nitro benzene ring substituents is 1. The van der Waals surface area contributed by atoms with E-state index in [0.29, 0.717) is 20.2 Å². The Morgan fingerprint density at radius 2 is 2.04 bits per heavy atom. The second-order valence-corrected chi connectivity index (χ2v) is 7.59. The van der Waals surface area contributed by atoms with Crippen molar-refractivity contribution in [3.63, 3.8) is 0 Å². The van der Waals surface area contributed by atoms with Crippen molar-refractivity contribution < 1.29 is 14.8 Å². The summed E-state index contributed by atoms with van der Waals surface area (Å²) in [5.74, 6) is -0.748. The van der Waals surface area contributed by atoms with Crippen LogP contribution in [0, 0.1) is 21.0 Å². The van der Waals surface area contributed by atoms with Gasteiger partial charge in [0.2, 0.25) is 5.88 Å². The Morgan fingerprint density at radius 3 is 2.74 bits per heavy atom. The highest BCUT2D eigenvalue weighted by Crippen LogP contribution is 2.35. The first-order valence-electron chi connectivity index (χ1n) is 7.81. The van der Waals surface area contributed by atoms with E-state index < -0.39 is 10.8 Å². The molecule has 0 saturated heterocycles. The first kappa shape index (κ1) is 17.3. The van der Waals surface area contributed by atoms with Crippen molar-refractivity contribution >= 4 is 40.7 Å². The SMILES string of the molecule is Cc1cccc(-n2c(O)c(C3=c4cc([N+](=O)[O-])ccc4=NC3=O)sc2=S)c1. The third-order valence-electron chi connectivity index (χ3n) is 4.17. The third-order valence-corrected chi connectivity index (χ3v) is 5.55. The molecular weight excluding hydrogens is 386 g/mol. The molecule has 1 aromatic heterocycles. The Labute approximate surface area is 161 Å². The summed E-state index contributed by atoms with van der Waals surface area (Å²) >= 11 is 6.44. The zero-order valence-corrected chi connectivity index (χ0v) is 15.5. The number of nitro groups is 1.